The minimum absolute atomic E-state index is 1.03. The lowest BCUT2D eigenvalue weighted by Gasteiger charge is -2.27. The van der Waals surface area contributed by atoms with Crippen molar-refractivity contribution in [3.63, 3.8) is 0 Å². The van der Waals surface area contributed by atoms with Gasteiger partial charge in [-0.05, 0) is 39.8 Å². The molecule has 0 saturated carbocycles. The number of hydrogen-bond acceptors (Lipinski definition) is 2. The van der Waals surface area contributed by atoms with E-state index < -0.39 is 0 Å². The molecule has 0 saturated heterocycles. The van der Waals surface area contributed by atoms with Gasteiger partial charge in [-0.3, -0.25) is 9.80 Å². The van der Waals surface area contributed by atoms with Crippen LogP contribution in [-0.2, 0) is 0 Å². The van der Waals surface area contributed by atoms with Crippen LogP contribution in [-0.4, -0.2) is 49.1 Å². The molecule has 0 bridgehead atoms. The van der Waals surface area contributed by atoms with Crippen molar-refractivity contribution in [2.24, 2.45) is 0 Å². The second kappa shape index (κ2) is 10.3. The van der Waals surface area contributed by atoms with Gasteiger partial charge in [0, 0.05) is 26.2 Å². The quantitative estimate of drug-likeness (QED) is 0.519. The average Bonchev–Trinajstić information content (AvgIpc) is 2.24. The Balaban J connectivity index is 4.16. The van der Waals surface area contributed by atoms with Crippen LogP contribution >= 0.6 is 0 Å². The maximum atomic E-state index is 4.02. The van der Waals surface area contributed by atoms with Gasteiger partial charge in [0.15, 0.2) is 0 Å². The summed E-state index contributed by atoms with van der Waals surface area (Å²) in [5, 5.41) is 0. The first-order chi connectivity index (χ1) is 8.49. The highest BCUT2D eigenvalue weighted by atomic mass is 15.2. The molecule has 2 heteroatoms. The van der Waals surface area contributed by atoms with Gasteiger partial charge < -0.3 is 0 Å². The van der Waals surface area contributed by atoms with E-state index in [0.717, 1.165) is 26.2 Å². The molecule has 0 aliphatic heterocycles. The highest BCUT2D eigenvalue weighted by Gasteiger charge is 2.08. The van der Waals surface area contributed by atoms with Gasteiger partial charge in [0.2, 0.25) is 0 Å². The maximum Gasteiger partial charge on any atom is 0.0187 e. The zero-order valence-electron chi connectivity index (χ0n) is 13.0. The first-order valence-electron chi connectivity index (χ1n) is 7.23. The maximum absolute atomic E-state index is 4.02. The van der Waals surface area contributed by atoms with E-state index in [-0.39, 0.29) is 0 Å². The topological polar surface area (TPSA) is 6.48 Å². The van der Waals surface area contributed by atoms with Crippen LogP contribution in [0.15, 0.2) is 24.3 Å². The molecule has 0 atom stereocenters. The normalized spacial score (nSPS) is 11.2. The van der Waals surface area contributed by atoms with Crippen LogP contribution in [0.25, 0.3) is 0 Å². The third-order valence-electron chi connectivity index (χ3n) is 2.80. The molecule has 0 aromatic heterocycles. The Morgan fingerprint density at radius 2 is 1.06 bits per heavy atom. The van der Waals surface area contributed by atoms with E-state index in [9.17, 15) is 0 Å². The van der Waals surface area contributed by atoms with Crippen molar-refractivity contribution in [1.82, 2.24) is 9.80 Å². The van der Waals surface area contributed by atoms with Crippen molar-refractivity contribution in [1.29, 1.82) is 0 Å². The van der Waals surface area contributed by atoms with Crippen LogP contribution in [0.3, 0.4) is 0 Å². The highest BCUT2D eigenvalue weighted by Crippen LogP contribution is 2.02. The Morgan fingerprint density at radius 1 is 0.722 bits per heavy atom. The summed E-state index contributed by atoms with van der Waals surface area (Å²) < 4.78 is 0. The summed E-state index contributed by atoms with van der Waals surface area (Å²) in [4.78, 5) is 5.01. The molecule has 0 fully saturated rings. The van der Waals surface area contributed by atoms with E-state index >= 15 is 0 Å². The summed E-state index contributed by atoms with van der Waals surface area (Å²) >= 11 is 0. The van der Waals surface area contributed by atoms with E-state index in [4.69, 9.17) is 0 Å². The zero-order valence-corrected chi connectivity index (χ0v) is 13.0. The molecule has 0 amide bonds. The highest BCUT2D eigenvalue weighted by molar-refractivity contribution is 4.93. The number of nitrogens with zero attached hydrogens (tertiary/aromatic N) is 2. The van der Waals surface area contributed by atoms with Crippen LogP contribution in [0.5, 0.6) is 0 Å². The van der Waals surface area contributed by atoms with Gasteiger partial charge in [0.1, 0.15) is 0 Å². The molecule has 18 heavy (non-hydrogen) atoms. The van der Waals surface area contributed by atoms with Crippen LogP contribution in [0.1, 0.15) is 40.5 Å². The van der Waals surface area contributed by atoms with Crippen molar-refractivity contribution < 1.29 is 0 Å². The van der Waals surface area contributed by atoms with Crippen LogP contribution in [0.4, 0.5) is 0 Å². The second-order valence-corrected chi connectivity index (χ2v) is 5.47. The molecule has 2 nitrogen and oxygen atoms in total. The first kappa shape index (κ1) is 17.4. The third kappa shape index (κ3) is 9.43. The van der Waals surface area contributed by atoms with Crippen molar-refractivity contribution >= 4 is 0 Å². The van der Waals surface area contributed by atoms with Gasteiger partial charge in [-0.15, -0.1) is 0 Å². The Bertz CT molecular complexity index is 219. The fourth-order valence-corrected chi connectivity index (χ4v) is 2.22. The fourth-order valence-electron chi connectivity index (χ4n) is 2.22. The van der Waals surface area contributed by atoms with Gasteiger partial charge >= 0.3 is 0 Å². The lowest BCUT2D eigenvalue weighted by Crippen LogP contribution is -2.37. The molecule has 0 unspecified atom stereocenters. The van der Waals surface area contributed by atoms with Crippen molar-refractivity contribution in [2.45, 2.75) is 40.5 Å². The van der Waals surface area contributed by atoms with E-state index in [1.807, 2.05) is 0 Å². The molecule has 0 heterocycles. The van der Waals surface area contributed by atoms with E-state index in [1.54, 1.807) is 0 Å². The van der Waals surface area contributed by atoms with Gasteiger partial charge in [-0.1, -0.05) is 38.2 Å². The van der Waals surface area contributed by atoms with Crippen molar-refractivity contribution in [3.8, 4) is 0 Å². The van der Waals surface area contributed by atoms with Crippen LogP contribution in [0, 0.1) is 0 Å². The predicted octanol–water partition coefficient (Wildman–Crippen LogP) is 3.56. The second-order valence-electron chi connectivity index (χ2n) is 5.47. The number of rotatable bonds is 11. The Hall–Kier alpha value is -0.600. The standard InChI is InChI=1S/C16H32N2/c1-7-9-17(13-15(3)4)11-12-18(10-8-2)14-16(5)6/h3,5,7-14H2,1-2,4,6H3. The molecule has 0 spiro atoms. The fraction of sp³-hybridized carbons (Fsp3) is 0.750. The summed E-state index contributed by atoms with van der Waals surface area (Å²) in [6.07, 6.45) is 2.42. The summed E-state index contributed by atoms with van der Waals surface area (Å²) in [6, 6.07) is 0. The molecule has 0 aromatic rings. The minimum atomic E-state index is 1.03. The number of hydrogen-bond donors (Lipinski definition) is 0. The summed E-state index contributed by atoms with van der Waals surface area (Å²) in [5.41, 5.74) is 2.51. The molecule has 0 aliphatic carbocycles. The minimum Gasteiger partial charge on any atom is -0.298 e. The van der Waals surface area contributed by atoms with Gasteiger partial charge in [-0.2, -0.15) is 0 Å². The Kier molecular flexibility index (Phi) is 9.99. The molecular weight excluding hydrogens is 220 g/mol. The summed E-state index contributed by atoms with van der Waals surface area (Å²) in [7, 11) is 0. The molecule has 0 radical (unpaired) electrons. The van der Waals surface area contributed by atoms with Crippen LogP contribution in [0.2, 0.25) is 0 Å². The zero-order chi connectivity index (χ0) is 14.0. The van der Waals surface area contributed by atoms with E-state index in [0.29, 0.717) is 0 Å². The van der Waals surface area contributed by atoms with Crippen molar-refractivity contribution in [2.75, 3.05) is 39.3 Å². The molecular formula is C16H32N2. The van der Waals surface area contributed by atoms with Crippen LogP contribution < -0.4 is 0 Å². The Labute approximate surface area is 114 Å². The third-order valence-corrected chi connectivity index (χ3v) is 2.80. The summed E-state index contributed by atoms with van der Waals surface area (Å²) in [5.74, 6) is 0. The lowest BCUT2D eigenvalue weighted by atomic mass is 10.2. The predicted molar refractivity (Wildman–Crippen MR) is 83.1 cm³/mol. The molecule has 0 aliphatic rings. The van der Waals surface area contributed by atoms with Gasteiger partial charge in [-0.25, -0.2) is 0 Å². The van der Waals surface area contributed by atoms with E-state index in [2.05, 4.69) is 50.7 Å². The summed E-state index contributed by atoms with van der Waals surface area (Å²) in [6.45, 7) is 23.4. The monoisotopic (exact) mass is 252 g/mol. The Morgan fingerprint density at radius 3 is 1.28 bits per heavy atom. The van der Waals surface area contributed by atoms with Crippen molar-refractivity contribution in [3.05, 3.63) is 24.3 Å². The lowest BCUT2D eigenvalue weighted by molar-refractivity contribution is 0.222. The first-order valence-corrected chi connectivity index (χ1v) is 7.23. The molecule has 0 N–H and O–H groups in total. The largest absolute Gasteiger partial charge is 0.298 e. The average molecular weight is 252 g/mol. The molecule has 0 aromatic carbocycles. The van der Waals surface area contributed by atoms with Gasteiger partial charge in [0.25, 0.3) is 0 Å². The molecule has 0 rings (SSSR count). The smallest absolute Gasteiger partial charge is 0.0187 e. The van der Waals surface area contributed by atoms with E-state index in [1.165, 1.54) is 37.1 Å². The molecule has 106 valence electrons. The SMILES string of the molecule is C=C(C)CN(CCC)CCN(CCC)CC(=C)C. The van der Waals surface area contributed by atoms with Gasteiger partial charge in [0.05, 0.1) is 0 Å².